The fourth-order valence-electron chi connectivity index (χ4n) is 1.58. The Bertz CT molecular complexity index is 154. The van der Waals surface area contributed by atoms with E-state index in [-0.39, 0.29) is 15.4 Å². The molecule has 0 aromatic carbocycles. The van der Waals surface area contributed by atoms with E-state index in [0.29, 0.717) is 0 Å². The highest BCUT2D eigenvalue weighted by molar-refractivity contribution is 6.36. The Morgan fingerprint density at radius 2 is 1.73 bits per heavy atom. The molecule has 3 heteroatoms. The van der Waals surface area contributed by atoms with Crippen LogP contribution in [0, 0.1) is 0 Å². The minimum Gasteiger partial charge on any atom is -0.357 e. The van der Waals surface area contributed by atoms with Gasteiger partial charge in [-0.1, -0.05) is 31.5 Å². The van der Waals surface area contributed by atoms with Crippen LogP contribution in [0.4, 0.5) is 0 Å². The molecular weight excluding hydrogens is 204 g/mol. The van der Waals surface area contributed by atoms with Crippen molar-refractivity contribution < 1.29 is 9.47 Å². The summed E-state index contributed by atoms with van der Waals surface area (Å²) in [5, 5.41) is 0. The van der Waals surface area contributed by atoms with Crippen LogP contribution in [0.15, 0.2) is 12.2 Å². The molecule has 90 valence electrons. The van der Waals surface area contributed by atoms with Crippen molar-refractivity contribution in [2.75, 3.05) is 13.2 Å². The van der Waals surface area contributed by atoms with Crippen LogP contribution in [-0.4, -0.2) is 28.6 Å². The van der Waals surface area contributed by atoms with Gasteiger partial charge in [-0.05, 0) is 26.7 Å². The van der Waals surface area contributed by atoms with Gasteiger partial charge in [-0.3, -0.25) is 0 Å². The highest BCUT2D eigenvalue weighted by atomic mass is 28.2. The largest absolute Gasteiger partial charge is 0.357 e. The van der Waals surface area contributed by atoms with Gasteiger partial charge in [-0.15, -0.1) is 0 Å². The van der Waals surface area contributed by atoms with Crippen LogP contribution in [-0.2, 0) is 9.47 Å². The number of ether oxygens (including phenoxy) is 2. The van der Waals surface area contributed by atoms with Crippen molar-refractivity contribution in [2.24, 2.45) is 0 Å². The first-order chi connectivity index (χ1) is 7.24. The average molecular weight is 230 g/mol. The summed E-state index contributed by atoms with van der Waals surface area (Å²) in [5.74, 6) is 0.120. The van der Waals surface area contributed by atoms with E-state index in [4.69, 9.17) is 9.47 Å². The zero-order valence-corrected chi connectivity index (χ0v) is 12.0. The molecule has 15 heavy (non-hydrogen) atoms. The van der Waals surface area contributed by atoms with Gasteiger partial charge in [0.15, 0.2) is 0 Å². The lowest BCUT2D eigenvalue weighted by atomic mass is 10.1. The van der Waals surface area contributed by atoms with Crippen molar-refractivity contribution >= 4 is 9.52 Å². The molecule has 0 aliphatic heterocycles. The second-order valence-corrected chi connectivity index (χ2v) is 5.68. The normalized spacial score (nSPS) is 11.7. The lowest BCUT2D eigenvalue weighted by molar-refractivity contribution is -0.0827. The van der Waals surface area contributed by atoms with Crippen LogP contribution in [0.3, 0.4) is 0 Å². The fraction of sp³-hybridized carbons (Fsp3) is 0.833. The molecule has 0 saturated carbocycles. The smallest absolute Gasteiger partial charge is 0.134 e. The predicted molar refractivity (Wildman–Crippen MR) is 69.1 cm³/mol. The van der Waals surface area contributed by atoms with E-state index in [1.165, 1.54) is 24.5 Å². The van der Waals surface area contributed by atoms with E-state index in [2.05, 4.69) is 13.5 Å². The second-order valence-electron chi connectivity index (χ2n) is 3.73. The Balaban J connectivity index is 3.55. The molecule has 0 heterocycles. The number of allylic oxidation sites excluding steroid dienone is 1. The quantitative estimate of drug-likeness (QED) is 0.326. The molecule has 0 radical (unpaired) electrons. The number of rotatable bonds is 10. The molecule has 0 rings (SSSR count). The minimum atomic E-state index is -0.262. The van der Waals surface area contributed by atoms with Crippen LogP contribution in [0.5, 0.6) is 0 Å². The van der Waals surface area contributed by atoms with Crippen molar-refractivity contribution in [1.82, 2.24) is 0 Å². The van der Waals surface area contributed by atoms with Crippen LogP contribution >= 0.6 is 0 Å². The van der Waals surface area contributed by atoms with Gasteiger partial charge in [0.25, 0.3) is 0 Å². The molecule has 0 fully saturated rings. The summed E-state index contributed by atoms with van der Waals surface area (Å²) in [6.45, 7) is 11.8. The monoisotopic (exact) mass is 230 g/mol. The number of hydrogen-bond donors (Lipinski definition) is 0. The molecule has 0 N–H and O–H groups in total. The lowest BCUT2D eigenvalue weighted by Gasteiger charge is -2.16. The molecule has 0 spiro atoms. The molecule has 0 saturated heterocycles. The summed E-state index contributed by atoms with van der Waals surface area (Å²) in [7, 11) is -0.262. The fourth-order valence-corrected chi connectivity index (χ4v) is 3.43. The lowest BCUT2D eigenvalue weighted by Crippen LogP contribution is -2.24. The first-order valence-corrected chi connectivity index (χ1v) is 7.96. The van der Waals surface area contributed by atoms with Crippen LogP contribution in [0.25, 0.3) is 0 Å². The highest BCUT2D eigenvalue weighted by Crippen LogP contribution is 2.10. The van der Waals surface area contributed by atoms with Gasteiger partial charge in [-0.2, -0.15) is 0 Å². The van der Waals surface area contributed by atoms with Gasteiger partial charge in [-0.25, -0.2) is 0 Å². The third-order valence-electron chi connectivity index (χ3n) is 2.28. The standard InChI is InChI=1S/C12H26O2Si/c1-5-8-11(4)9-10-15-12(13-6-2)14-7-3/h12H,4-10,15H2,1-3H3. The zero-order chi connectivity index (χ0) is 11.5. The summed E-state index contributed by atoms with van der Waals surface area (Å²) >= 11 is 0. The maximum Gasteiger partial charge on any atom is 0.134 e. The zero-order valence-electron chi connectivity index (χ0n) is 10.6. The number of hydrogen-bond acceptors (Lipinski definition) is 2. The van der Waals surface area contributed by atoms with Gasteiger partial charge < -0.3 is 9.47 Å². The van der Waals surface area contributed by atoms with E-state index in [9.17, 15) is 0 Å². The Hall–Kier alpha value is -0.123. The van der Waals surface area contributed by atoms with Gasteiger partial charge in [0, 0.05) is 13.2 Å². The average Bonchev–Trinajstić information content (AvgIpc) is 2.19. The molecule has 0 aliphatic carbocycles. The van der Waals surface area contributed by atoms with Crippen molar-refractivity contribution in [2.45, 2.75) is 52.0 Å². The van der Waals surface area contributed by atoms with Crippen molar-refractivity contribution in [1.29, 1.82) is 0 Å². The van der Waals surface area contributed by atoms with Crippen LogP contribution < -0.4 is 0 Å². The van der Waals surface area contributed by atoms with Crippen molar-refractivity contribution in [3.63, 3.8) is 0 Å². The molecule has 0 unspecified atom stereocenters. The van der Waals surface area contributed by atoms with Gasteiger partial charge in [0.2, 0.25) is 0 Å². The van der Waals surface area contributed by atoms with Gasteiger partial charge in [0.05, 0.1) is 9.52 Å². The van der Waals surface area contributed by atoms with E-state index in [1.54, 1.807) is 0 Å². The van der Waals surface area contributed by atoms with Gasteiger partial charge in [0.1, 0.15) is 5.91 Å². The maximum atomic E-state index is 5.53. The molecule has 0 aliphatic rings. The highest BCUT2D eigenvalue weighted by Gasteiger charge is 2.07. The predicted octanol–water partition coefficient (Wildman–Crippen LogP) is 2.68. The van der Waals surface area contributed by atoms with Crippen molar-refractivity contribution in [3.8, 4) is 0 Å². The summed E-state index contributed by atoms with van der Waals surface area (Å²) in [6, 6.07) is 1.25. The van der Waals surface area contributed by atoms with Crippen molar-refractivity contribution in [3.05, 3.63) is 12.2 Å². The molecule has 0 aromatic heterocycles. The van der Waals surface area contributed by atoms with E-state index in [0.717, 1.165) is 19.6 Å². The summed E-state index contributed by atoms with van der Waals surface area (Å²) in [4.78, 5) is 0. The Morgan fingerprint density at radius 3 is 2.20 bits per heavy atom. The molecule has 0 atom stereocenters. The molecule has 0 amide bonds. The third kappa shape index (κ3) is 8.84. The molecule has 0 aromatic rings. The topological polar surface area (TPSA) is 18.5 Å². The Kier molecular flexibility index (Phi) is 10.3. The van der Waals surface area contributed by atoms with E-state index in [1.807, 2.05) is 13.8 Å². The summed E-state index contributed by atoms with van der Waals surface area (Å²) < 4.78 is 11.1. The van der Waals surface area contributed by atoms with Gasteiger partial charge >= 0.3 is 0 Å². The first kappa shape index (κ1) is 14.9. The molecule has 0 bridgehead atoms. The first-order valence-electron chi connectivity index (χ1n) is 6.14. The molecule has 2 nitrogen and oxygen atoms in total. The Morgan fingerprint density at radius 1 is 1.13 bits per heavy atom. The SMILES string of the molecule is C=C(CCC)CC[SiH2]C(OCC)OCC. The minimum absolute atomic E-state index is 0.120. The maximum absolute atomic E-state index is 5.53. The molecular formula is C12H26O2Si. The summed E-state index contributed by atoms with van der Waals surface area (Å²) in [5.41, 5.74) is 1.39. The van der Waals surface area contributed by atoms with E-state index < -0.39 is 0 Å². The van der Waals surface area contributed by atoms with Crippen LogP contribution in [0.2, 0.25) is 6.04 Å². The Labute approximate surface area is 96.9 Å². The van der Waals surface area contributed by atoms with E-state index >= 15 is 0 Å². The summed E-state index contributed by atoms with van der Waals surface area (Å²) in [6.07, 6.45) is 3.54. The third-order valence-corrected chi connectivity index (χ3v) is 3.98. The van der Waals surface area contributed by atoms with Crippen LogP contribution in [0.1, 0.15) is 40.0 Å². The second kappa shape index (κ2) is 10.4.